The molecule has 0 saturated heterocycles. The number of aliphatic imine (C=N–C) groups is 1. The van der Waals surface area contributed by atoms with Crippen LogP contribution in [0.2, 0.25) is 0 Å². The lowest BCUT2D eigenvalue weighted by atomic mass is 10.1. The molecule has 0 radical (unpaired) electrons. The van der Waals surface area contributed by atoms with E-state index >= 15 is 0 Å². The third kappa shape index (κ3) is 5.43. The van der Waals surface area contributed by atoms with Crippen LogP contribution >= 0.6 is 24.0 Å². The van der Waals surface area contributed by atoms with Gasteiger partial charge >= 0.3 is 0 Å². The number of para-hydroxylation sites is 1. The minimum absolute atomic E-state index is 0. The molecule has 1 aromatic rings. The summed E-state index contributed by atoms with van der Waals surface area (Å²) in [5, 5.41) is 0. The summed E-state index contributed by atoms with van der Waals surface area (Å²) in [6.45, 7) is 6.37. The van der Waals surface area contributed by atoms with Gasteiger partial charge in [-0.3, -0.25) is 0 Å². The Hall–Kier alpha value is -1.18. The average Bonchev–Trinajstić information content (AvgIpc) is 3.08. The minimum atomic E-state index is 0. The van der Waals surface area contributed by atoms with Crippen LogP contribution in [0.25, 0.3) is 0 Å². The van der Waals surface area contributed by atoms with Gasteiger partial charge in [0.1, 0.15) is 0 Å². The Kier molecular flexibility index (Phi) is 9.25. The van der Waals surface area contributed by atoms with Gasteiger partial charge in [0.15, 0.2) is 17.5 Å². The highest BCUT2D eigenvalue weighted by Gasteiger charge is 2.20. The van der Waals surface area contributed by atoms with E-state index in [1.165, 1.54) is 12.8 Å². The molecule has 6 heteroatoms. The third-order valence-electron chi connectivity index (χ3n) is 4.37. The van der Waals surface area contributed by atoms with Crippen LogP contribution in [0, 0.1) is 0 Å². The number of hydrogen-bond acceptors (Lipinski definition) is 3. The van der Waals surface area contributed by atoms with Crippen molar-refractivity contribution < 1.29 is 9.47 Å². The zero-order valence-corrected chi connectivity index (χ0v) is 17.3. The lowest BCUT2D eigenvalue weighted by Crippen LogP contribution is -2.37. The first-order valence-electron chi connectivity index (χ1n) is 8.57. The Labute approximate surface area is 162 Å². The standard InChI is InChI=1S/C18H29N3O2.HI/c1-4-21(5-2)18(19)20-13-14-9-8-12-16(22-3)17(14)23-15-10-6-7-11-15;/h8-9,12,15H,4-7,10-11,13H2,1-3H3,(H2,19,20);1H. The molecule has 2 rings (SSSR count). The molecule has 0 amide bonds. The van der Waals surface area contributed by atoms with Gasteiger partial charge in [0, 0.05) is 18.7 Å². The topological polar surface area (TPSA) is 60.1 Å². The fourth-order valence-electron chi connectivity index (χ4n) is 2.97. The van der Waals surface area contributed by atoms with E-state index in [0.29, 0.717) is 12.5 Å². The van der Waals surface area contributed by atoms with Crippen molar-refractivity contribution in [3.63, 3.8) is 0 Å². The Morgan fingerprint density at radius 3 is 2.50 bits per heavy atom. The number of methoxy groups -OCH3 is 1. The lowest BCUT2D eigenvalue weighted by Gasteiger charge is -2.21. The summed E-state index contributed by atoms with van der Waals surface area (Å²) in [5.74, 6) is 2.16. The van der Waals surface area contributed by atoms with Crippen LogP contribution in [0.15, 0.2) is 23.2 Å². The van der Waals surface area contributed by atoms with Crippen LogP contribution < -0.4 is 15.2 Å². The van der Waals surface area contributed by atoms with E-state index in [1.54, 1.807) is 7.11 Å². The van der Waals surface area contributed by atoms with Crippen LogP contribution in [0.5, 0.6) is 11.5 Å². The summed E-state index contributed by atoms with van der Waals surface area (Å²) in [6, 6.07) is 5.94. The molecule has 1 fully saturated rings. The Morgan fingerprint density at radius 2 is 1.92 bits per heavy atom. The number of nitrogens with zero attached hydrogens (tertiary/aromatic N) is 2. The van der Waals surface area contributed by atoms with Crippen LogP contribution in [-0.4, -0.2) is 37.2 Å². The Bertz CT molecular complexity index is 527. The summed E-state index contributed by atoms with van der Waals surface area (Å²) in [5.41, 5.74) is 7.09. The highest BCUT2D eigenvalue weighted by Crippen LogP contribution is 2.35. The second-order valence-electron chi connectivity index (χ2n) is 5.82. The average molecular weight is 447 g/mol. The van der Waals surface area contributed by atoms with Crippen LogP contribution in [-0.2, 0) is 6.54 Å². The molecule has 24 heavy (non-hydrogen) atoms. The molecule has 136 valence electrons. The fraction of sp³-hybridized carbons (Fsp3) is 0.611. The van der Waals surface area contributed by atoms with Crippen molar-refractivity contribution in [2.24, 2.45) is 10.7 Å². The molecule has 0 bridgehead atoms. The molecule has 1 aliphatic carbocycles. The zero-order valence-electron chi connectivity index (χ0n) is 15.0. The van der Waals surface area contributed by atoms with E-state index in [2.05, 4.69) is 18.8 Å². The highest BCUT2D eigenvalue weighted by molar-refractivity contribution is 14.0. The molecular formula is C18H30IN3O2. The maximum absolute atomic E-state index is 6.23. The Balaban J connectivity index is 0.00000288. The molecule has 0 heterocycles. The number of ether oxygens (including phenoxy) is 2. The molecule has 0 aromatic heterocycles. The molecular weight excluding hydrogens is 417 g/mol. The van der Waals surface area contributed by atoms with E-state index in [9.17, 15) is 0 Å². The van der Waals surface area contributed by atoms with E-state index in [0.717, 1.165) is 43.0 Å². The minimum Gasteiger partial charge on any atom is -0.493 e. The van der Waals surface area contributed by atoms with Crippen molar-refractivity contribution in [3.05, 3.63) is 23.8 Å². The number of hydrogen-bond donors (Lipinski definition) is 1. The second kappa shape index (κ2) is 10.6. The fourth-order valence-corrected chi connectivity index (χ4v) is 2.97. The number of rotatable bonds is 7. The highest BCUT2D eigenvalue weighted by atomic mass is 127. The lowest BCUT2D eigenvalue weighted by molar-refractivity contribution is 0.198. The maximum Gasteiger partial charge on any atom is 0.191 e. The van der Waals surface area contributed by atoms with Crippen molar-refractivity contribution in [1.82, 2.24) is 4.90 Å². The van der Waals surface area contributed by atoms with Gasteiger partial charge in [-0.05, 0) is 45.6 Å². The van der Waals surface area contributed by atoms with Crippen molar-refractivity contribution in [2.75, 3.05) is 20.2 Å². The van der Waals surface area contributed by atoms with E-state index in [-0.39, 0.29) is 30.1 Å². The zero-order chi connectivity index (χ0) is 16.7. The number of nitrogens with two attached hydrogens (primary N) is 1. The number of benzene rings is 1. The van der Waals surface area contributed by atoms with Gasteiger partial charge in [-0.1, -0.05) is 12.1 Å². The predicted octanol–water partition coefficient (Wildman–Crippen LogP) is 3.79. The largest absolute Gasteiger partial charge is 0.493 e. The van der Waals surface area contributed by atoms with Crippen molar-refractivity contribution >= 4 is 29.9 Å². The predicted molar refractivity (Wildman–Crippen MR) is 110 cm³/mol. The first kappa shape index (κ1) is 20.9. The van der Waals surface area contributed by atoms with Crippen molar-refractivity contribution in [2.45, 2.75) is 52.2 Å². The van der Waals surface area contributed by atoms with Crippen molar-refractivity contribution in [3.8, 4) is 11.5 Å². The number of halogens is 1. The smallest absolute Gasteiger partial charge is 0.191 e. The molecule has 0 spiro atoms. The van der Waals surface area contributed by atoms with Gasteiger partial charge in [-0.15, -0.1) is 24.0 Å². The van der Waals surface area contributed by atoms with E-state index in [4.69, 9.17) is 15.2 Å². The van der Waals surface area contributed by atoms with Gasteiger partial charge in [0.05, 0.1) is 19.8 Å². The van der Waals surface area contributed by atoms with E-state index < -0.39 is 0 Å². The quantitative estimate of drug-likeness (QED) is 0.393. The summed E-state index contributed by atoms with van der Waals surface area (Å²) in [7, 11) is 1.67. The SMILES string of the molecule is CCN(CC)C(N)=NCc1cccc(OC)c1OC1CCCC1.I. The molecule has 0 aliphatic heterocycles. The summed E-state index contributed by atoms with van der Waals surface area (Å²) in [6.07, 6.45) is 4.99. The number of guanidine groups is 1. The van der Waals surface area contributed by atoms with Crippen molar-refractivity contribution in [1.29, 1.82) is 0 Å². The van der Waals surface area contributed by atoms with Crippen LogP contribution in [0.1, 0.15) is 45.1 Å². The summed E-state index contributed by atoms with van der Waals surface area (Å²) < 4.78 is 11.7. The maximum atomic E-state index is 6.23. The van der Waals surface area contributed by atoms with Crippen LogP contribution in [0.4, 0.5) is 0 Å². The molecule has 1 aliphatic rings. The molecule has 5 nitrogen and oxygen atoms in total. The molecule has 1 aromatic carbocycles. The van der Waals surface area contributed by atoms with Gasteiger partial charge in [0.2, 0.25) is 0 Å². The molecule has 0 atom stereocenters. The van der Waals surface area contributed by atoms with E-state index in [1.807, 2.05) is 23.1 Å². The Morgan fingerprint density at radius 1 is 1.25 bits per heavy atom. The third-order valence-corrected chi connectivity index (χ3v) is 4.37. The second-order valence-corrected chi connectivity index (χ2v) is 5.82. The molecule has 2 N–H and O–H groups in total. The summed E-state index contributed by atoms with van der Waals surface area (Å²) >= 11 is 0. The monoisotopic (exact) mass is 447 g/mol. The van der Waals surface area contributed by atoms with Gasteiger partial charge < -0.3 is 20.1 Å². The van der Waals surface area contributed by atoms with Gasteiger partial charge in [-0.25, -0.2) is 4.99 Å². The first-order chi connectivity index (χ1) is 11.2. The van der Waals surface area contributed by atoms with Gasteiger partial charge in [0.25, 0.3) is 0 Å². The molecule has 0 unspecified atom stereocenters. The normalized spacial score (nSPS) is 15.0. The first-order valence-corrected chi connectivity index (χ1v) is 8.57. The summed E-state index contributed by atoms with van der Waals surface area (Å²) in [4.78, 5) is 6.57. The molecule has 1 saturated carbocycles. The van der Waals surface area contributed by atoms with Gasteiger partial charge in [-0.2, -0.15) is 0 Å². The van der Waals surface area contributed by atoms with Crippen LogP contribution in [0.3, 0.4) is 0 Å².